The third-order valence-corrected chi connectivity index (χ3v) is 4.98. The zero-order chi connectivity index (χ0) is 21.8. The molecule has 0 atom stereocenters. The van der Waals surface area contributed by atoms with Crippen molar-refractivity contribution < 1.29 is 9.53 Å². The molecule has 0 aliphatic heterocycles. The van der Waals surface area contributed by atoms with Crippen molar-refractivity contribution in [2.75, 3.05) is 13.2 Å². The number of aromatic nitrogens is 2. The first-order valence-electron chi connectivity index (χ1n) is 10.1. The highest BCUT2D eigenvalue weighted by Crippen LogP contribution is 2.14. The highest BCUT2D eigenvalue weighted by molar-refractivity contribution is 5.94. The Morgan fingerprint density at radius 3 is 2.55 bits per heavy atom. The average Bonchev–Trinajstić information content (AvgIpc) is 2.77. The molecule has 4 rings (SSSR count). The summed E-state index contributed by atoms with van der Waals surface area (Å²) in [6.45, 7) is 4.57. The van der Waals surface area contributed by atoms with Gasteiger partial charge in [-0.2, -0.15) is 0 Å². The number of nitrogens with zero attached hydrogens (tertiary/aromatic N) is 2. The molecule has 156 valence electrons. The van der Waals surface area contributed by atoms with Crippen LogP contribution in [0.2, 0.25) is 0 Å². The van der Waals surface area contributed by atoms with E-state index in [9.17, 15) is 9.59 Å². The predicted molar refractivity (Wildman–Crippen MR) is 121 cm³/mol. The minimum Gasteiger partial charge on any atom is -0.492 e. The summed E-state index contributed by atoms with van der Waals surface area (Å²) in [7, 11) is 0. The van der Waals surface area contributed by atoms with Crippen molar-refractivity contribution in [1.29, 1.82) is 0 Å². The van der Waals surface area contributed by atoms with Crippen LogP contribution in [-0.4, -0.2) is 28.6 Å². The van der Waals surface area contributed by atoms with E-state index < -0.39 is 0 Å². The quantitative estimate of drug-likeness (QED) is 0.488. The SMILES string of the molecule is Cc1cccc(OCCNC(=O)c2ccc(-n3c(C)nc4ccccc4c3=O)cc2)c1. The maximum atomic E-state index is 12.9. The van der Waals surface area contributed by atoms with Gasteiger partial charge in [0, 0.05) is 5.56 Å². The molecule has 0 fully saturated rings. The van der Waals surface area contributed by atoms with Gasteiger partial charge in [-0.25, -0.2) is 4.98 Å². The zero-order valence-electron chi connectivity index (χ0n) is 17.5. The Kier molecular flexibility index (Phi) is 5.80. The second-order valence-corrected chi connectivity index (χ2v) is 7.28. The van der Waals surface area contributed by atoms with Crippen LogP contribution < -0.4 is 15.6 Å². The Labute approximate surface area is 180 Å². The Hall–Kier alpha value is -3.93. The van der Waals surface area contributed by atoms with Gasteiger partial charge >= 0.3 is 0 Å². The van der Waals surface area contributed by atoms with Crippen LogP contribution in [0.25, 0.3) is 16.6 Å². The molecular weight excluding hydrogens is 390 g/mol. The number of hydrogen-bond donors (Lipinski definition) is 1. The molecule has 1 N–H and O–H groups in total. The van der Waals surface area contributed by atoms with Gasteiger partial charge in [-0.15, -0.1) is 0 Å². The molecule has 0 bridgehead atoms. The van der Waals surface area contributed by atoms with Gasteiger partial charge in [-0.05, 0) is 67.9 Å². The number of carbonyl (C=O) groups excluding carboxylic acids is 1. The fourth-order valence-electron chi connectivity index (χ4n) is 3.45. The minimum atomic E-state index is -0.194. The Morgan fingerprint density at radius 1 is 1.00 bits per heavy atom. The van der Waals surface area contributed by atoms with Gasteiger partial charge in [0.1, 0.15) is 18.2 Å². The van der Waals surface area contributed by atoms with Crippen LogP contribution in [0, 0.1) is 13.8 Å². The fourth-order valence-corrected chi connectivity index (χ4v) is 3.45. The lowest BCUT2D eigenvalue weighted by molar-refractivity contribution is 0.0947. The van der Waals surface area contributed by atoms with E-state index in [1.807, 2.05) is 49.4 Å². The highest BCUT2D eigenvalue weighted by atomic mass is 16.5. The van der Waals surface area contributed by atoms with Crippen molar-refractivity contribution in [1.82, 2.24) is 14.9 Å². The molecule has 0 spiro atoms. The molecule has 0 aliphatic carbocycles. The van der Waals surface area contributed by atoms with Crippen molar-refractivity contribution in [3.05, 3.63) is 100 Å². The standard InChI is InChI=1S/C25H23N3O3/c1-17-6-5-7-21(16-17)31-15-14-26-24(29)19-10-12-20(13-11-19)28-18(2)27-23-9-4-3-8-22(23)25(28)30/h3-13,16H,14-15H2,1-2H3,(H,26,29). The molecule has 0 radical (unpaired) electrons. The summed E-state index contributed by atoms with van der Waals surface area (Å²) in [6, 6.07) is 22.0. The fraction of sp³-hybridized carbons (Fsp3) is 0.160. The monoisotopic (exact) mass is 413 g/mol. The lowest BCUT2D eigenvalue weighted by Gasteiger charge is -2.12. The highest BCUT2D eigenvalue weighted by Gasteiger charge is 2.11. The largest absolute Gasteiger partial charge is 0.492 e. The summed E-state index contributed by atoms with van der Waals surface area (Å²) in [6.07, 6.45) is 0. The predicted octanol–water partition coefficient (Wildman–Crippen LogP) is 3.81. The number of rotatable bonds is 6. The maximum Gasteiger partial charge on any atom is 0.265 e. The number of hydrogen-bond acceptors (Lipinski definition) is 4. The molecule has 3 aromatic carbocycles. The van der Waals surface area contributed by atoms with E-state index in [-0.39, 0.29) is 11.5 Å². The van der Waals surface area contributed by atoms with Crippen molar-refractivity contribution in [3.8, 4) is 11.4 Å². The van der Waals surface area contributed by atoms with Gasteiger partial charge in [-0.1, -0.05) is 24.3 Å². The van der Waals surface area contributed by atoms with Crippen molar-refractivity contribution >= 4 is 16.8 Å². The number of ether oxygens (including phenoxy) is 1. The summed E-state index contributed by atoms with van der Waals surface area (Å²) in [5.41, 5.74) is 2.84. The van der Waals surface area contributed by atoms with Crippen molar-refractivity contribution in [2.24, 2.45) is 0 Å². The second kappa shape index (κ2) is 8.83. The molecule has 1 amide bonds. The molecule has 6 nitrogen and oxygen atoms in total. The first-order valence-corrected chi connectivity index (χ1v) is 10.1. The Balaban J connectivity index is 1.43. The molecule has 6 heteroatoms. The smallest absolute Gasteiger partial charge is 0.265 e. The van der Waals surface area contributed by atoms with Crippen LogP contribution in [-0.2, 0) is 0 Å². The van der Waals surface area contributed by atoms with E-state index in [4.69, 9.17) is 4.74 Å². The van der Waals surface area contributed by atoms with Crippen LogP contribution in [0.15, 0.2) is 77.6 Å². The number of nitrogens with one attached hydrogen (secondary N) is 1. The third-order valence-electron chi connectivity index (χ3n) is 4.98. The second-order valence-electron chi connectivity index (χ2n) is 7.28. The first-order chi connectivity index (χ1) is 15.0. The number of amides is 1. The number of carbonyl (C=O) groups is 1. The average molecular weight is 413 g/mol. The molecular formula is C25H23N3O3. The zero-order valence-corrected chi connectivity index (χ0v) is 17.5. The van der Waals surface area contributed by atoms with Gasteiger partial charge in [0.05, 0.1) is 23.1 Å². The molecule has 1 heterocycles. The van der Waals surface area contributed by atoms with E-state index in [2.05, 4.69) is 10.3 Å². The van der Waals surface area contributed by atoms with Gasteiger partial charge in [0.25, 0.3) is 11.5 Å². The lowest BCUT2D eigenvalue weighted by atomic mass is 10.2. The first kappa shape index (κ1) is 20.3. The van der Waals surface area contributed by atoms with Gasteiger partial charge in [-0.3, -0.25) is 14.2 Å². The molecule has 0 aliphatic rings. The topological polar surface area (TPSA) is 73.2 Å². The summed E-state index contributed by atoms with van der Waals surface area (Å²) in [4.78, 5) is 29.9. The van der Waals surface area contributed by atoms with E-state index in [1.165, 1.54) is 0 Å². The van der Waals surface area contributed by atoms with E-state index in [1.54, 1.807) is 41.8 Å². The van der Waals surface area contributed by atoms with Crippen LogP contribution in [0.1, 0.15) is 21.7 Å². The van der Waals surface area contributed by atoms with Gasteiger partial charge < -0.3 is 10.1 Å². The number of fused-ring (bicyclic) bond motifs is 1. The molecule has 4 aromatic rings. The summed E-state index contributed by atoms with van der Waals surface area (Å²) >= 11 is 0. The summed E-state index contributed by atoms with van der Waals surface area (Å²) in [5, 5.41) is 3.40. The van der Waals surface area contributed by atoms with Crippen LogP contribution in [0.3, 0.4) is 0 Å². The lowest BCUT2D eigenvalue weighted by Crippen LogP contribution is -2.28. The van der Waals surface area contributed by atoms with Gasteiger partial charge in [0.2, 0.25) is 0 Å². The number of para-hydroxylation sites is 1. The Morgan fingerprint density at radius 2 is 1.77 bits per heavy atom. The molecule has 0 saturated heterocycles. The number of benzene rings is 3. The van der Waals surface area contributed by atoms with E-state index >= 15 is 0 Å². The van der Waals surface area contributed by atoms with Crippen molar-refractivity contribution in [2.45, 2.75) is 13.8 Å². The van der Waals surface area contributed by atoms with E-state index in [0.717, 1.165) is 11.3 Å². The number of aryl methyl sites for hydroxylation is 2. The molecule has 0 saturated carbocycles. The normalized spacial score (nSPS) is 10.8. The third kappa shape index (κ3) is 4.48. The summed E-state index contributed by atoms with van der Waals surface area (Å²) < 4.78 is 7.21. The summed E-state index contributed by atoms with van der Waals surface area (Å²) in [5.74, 6) is 1.18. The maximum absolute atomic E-state index is 12.9. The molecule has 1 aromatic heterocycles. The van der Waals surface area contributed by atoms with Crippen LogP contribution in [0.5, 0.6) is 5.75 Å². The van der Waals surface area contributed by atoms with E-state index in [0.29, 0.717) is 41.1 Å². The molecule has 31 heavy (non-hydrogen) atoms. The Bertz CT molecular complexity index is 1290. The molecule has 0 unspecified atom stereocenters. The van der Waals surface area contributed by atoms with Crippen molar-refractivity contribution in [3.63, 3.8) is 0 Å². The van der Waals surface area contributed by atoms with Crippen LogP contribution in [0.4, 0.5) is 0 Å². The minimum absolute atomic E-state index is 0.131. The van der Waals surface area contributed by atoms with Gasteiger partial charge in [0.15, 0.2) is 0 Å². The van der Waals surface area contributed by atoms with Crippen LogP contribution >= 0.6 is 0 Å².